The van der Waals surface area contributed by atoms with E-state index in [4.69, 9.17) is 9.47 Å². The van der Waals surface area contributed by atoms with Crippen LogP contribution in [0, 0.1) is 0 Å². The van der Waals surface area contributed by atoms with Crippen LogP contribution in [0.1, 0.15) is 0 Å². The van der Waals surface area contributed by atoms with Gasteiger partial charge in [-0.2, -0.15) is 0 Å². The second-order valence-corrected chi connectivity index (χ2v) is 14.7. The van der Waals surface area contributed by atoms with E-state index >= 15 is 0 Å². The van der Waals surface area contributed by atoms with Gasteiger partial charge in [-0.25, -0.2) is 0 Å². The van der Waals surface area contributed by atoms with E-state index in [9.17, 15) is 0 Å². The van der Waals surface area contributed by atoms with Gasteiger partial charge < -0.3 is 0 Å². The van der Waals surface area contributed by atoms with Crippen LogP contribution in [0.5, 0.6) is 23.0 Å². The molecule has 0 radical (unpaired) electrons. The predicted molar refractivity (Wildman–Crippen MR) is 196 cm³/mol. The van der Waals surface area contributed by atoms with E-state index in [2.05, 4.69) is 138 Å². The van der Waals surface area contributed by atoms with Crippen molar-refractivity contribution in [2.45, 2.75) is 0 Å². The van der Waals surface area contributed by atoms with E-state index in [-0.39, 0.29) is 6.71 Å². The molecular weight excluding hydrogens is 640 g/mol. The van der Waals surface area contributed by atoms with Crippen molar-refractivity contribution in [1.29, 1.82) is 0 Å². The number of aromatic nitrogens is 1. The molecule has 47 heavy (non-hydrogen) atoms. The van der Waals surface area contributed by atoms with Crippen LogP contribution >= 0.6 is 0 Å². The van der Waals surface area contributed by atoms with E-state index in [1.807, 2.05) is 12.1 Å². The Bertz CT molecular complexity index is 2700. The minimum atomic E-state index is 0.0584. The van der Waals surface area contributed by atoms with Gasteiger partial charge in [0.05, 0.1) is 0 Å². The molecule has 0 atom stereocenters. The number of rotatable bonds is 2. The predicted octanol–water partition coefficient (Wildman–Crippen LogP) is 8.54. The van der Waals surface area contributed by atoms with Crippen molar-refractivity contribution in [2.75, 3.05) is 0 Å². The minimum absolute atomic E-state index is 0.0584. The summed E-state index contributed by atoms with van der Waals surface area (Å²) in [7, 11) is 0. The second-order valence-electron chi connectivity index (χ2n) is 12.4. The third-order valence-corrected chi connectivity index (χ3v) is 12.3. The third-order valence-electron chi connectivity index (χ3n) is 9.93. The molecule has 0 saturated carbocycles. The van der Waals surface area contributed by atoms with Gasteiger partial charge in [0.15, 0.2) is 0 Å². The molecule has 0 spiro atoms. The Morgan fingerprint density at radius 2 is 1.13 bits per heavy atom. The van der Waals surface area contributed by atoms with E-state index in [1.54, 1.807) is 0 Å². The summed E-state index contributed by atoms with van der Waals surface area (Å²) in [6.45, 7) is 0.0584. The van der Waals surface area contributed by atoms with Gasteiger partial charge in [0, 0.05) is 0 Å². The SMILES string of the molecule is c1ccc2c(c1)Oc1cc(-c3ccccc3-n3c4ccccc4c4c5c(ccc43)[se]c3ccccc35)cc3c1B2c1ccccc1O3. The summed E-state index contributed by atoms with van der Waals surface area (Å²) in [5, 5.41) is 5.39. The molecule has 2 aromatic heterocycles. The number of para-hydroxylation sites is 4. The Labute approximate surface area is 277 Å². The summed E-state index contributed by atoms with van der Waals surface area (Å²) in [4.78, 5) is 0. The van der Waals surface area contributed by atoms with Crippen LogP contribution in [0.15, 0.2) is 146 Å². The molecule has 0 N–H and O–H groups in total. The van der Waals surface area contributed by atoms with Crippen molar-refractivity contribution in [2.24, 2.45) is 0 Å². The van der Waals surface area contributed by atoms with Gasteiger partial charge >= 0.3 is 219 Å². The monoisotopic (exact) mass is 665 g/mol. The number of nitrogens with zero attached hydrogens (tertiary/aromatic N) is 1. The Balaban J connectivity index is 1.18. The molecule has 0 bridgehead atoms. The van der Waals surface area contributed by atoms with Gasteiger partial charge in [-0.3, -0.25) is 0 Å². The molecule has 5 heteroatoms. The van der Waals surface area contributed by atoms with E-state index in [0.29, 0.717) is 14.5 Å². The fraction of sp³-hybridized carbons (Fsp3) is 0. The Morgan fingerprint density at radius 1 is 0.489 bits per heavy atom. The van der Waals surface area contributed by atoms with Crippen LogP contribution in [-0.2, 0) is 0 Å². The van der Waals surface area contributed by atoms with Gasteiger partial charge in [0.1, 0.15) is 0 Å². The van der Waals surface area contributed by atoms with Crippen molar-refractivity contribution >= 4 is 78.7 Å². The first kappa shape index (κ1) is 25.7. The van der Waals surface area contributed by atoms with Gasteiger partial charge in [-0.1, -0.05) is 36.4 Å². The van der Waals surface area contributed by atoms with E-state index in [1.165, 1.54) is 52.0 Å². The maximum atomic E-state index is 6.67. The molecule has 4 heterocycles. The van der Waals surface area contributed by atoms with Crippen molar-refractivity contribution in [1.82, 2.24) is 4.57 Å². The average Bonchev–Trinajstić information content (AvgIpc) is 3.67. The van der Waals surface area contributed by atoms with Gasteiger partial charge in [-0.15, -0.1) is 0 Å². The number of ether oxygens (including phenoxy) is 2. The van der Waals surface area contributed by atoms with Crippen LogP contribution in [0.2, 0.25) is 0 Å². The van der Waals surface area contributed by atoms with Crippen LogP contribution in [0.4, 0.5) is 0 Å². The number of benzene rings is 7. The molecule has 11 rings (SSSR count). The number of fused-ring (bicyclic) bond motifs is 11. The quantitative estimate of drug-likeness (QED) is 0.173. The molecule has 218 valence electrons. The molecule has 9 aromatic rings. The number of hydrogen-bond acceptors (Lipinski definition) is 2. The molecule has 0 fully saturated rings. The fourth-order valence-electron chi connectivity index (χ4n) is 8.00. The summed E-state index contributed by atoms with van der Waals surface area (Å²) in [5.41, 5.74) is 9.18. The molecular formula is C42H24BNO2Se. The first-order valence-electron chi connectivity index (χ1n) is 16.0. The topological polar surface area (TPSA) is 23.4 Å². The zero-order valence-electron chi connectivity index (χ0n) is 25.1. The summed E-state index contributed by atoms with van der Waals surface area (Å²) in [6.07, 6.45) is 0. The Kier molecular flexibility index (Phi) is 5.21. The summed E-state index contributed by atoms with van der Waals surface area (Å²) in [6, 6.07) is 52.4. The van der Waals surface area contributed by atoms with Crippen molar-refractivity contribution in [3.05, 3.63) is 146 Å². The first-order chi connectivity index (χ1) is 23.3. The van der Waals surface area contributed by atoms with Gasteiger partial charge in [0.2, 0.25) is 0 Å². The van der Waals surface area contributed by atoms with Crippen molar-refractivity contribution < 1.29 is 9.47 Å². The number of hydrogen-bond donors (Lipinski definition) is 0. The third kappa shape index (κ3) is 3.53. The molecule has 0 unspecified atom stereocenters. The van der Waals surface area contributed by atoms with E-state index < -0.39 is 0 Å². The molecule has 2 aliphatic heterocycles. The Morgan fingerprint density at radius 3 is 1.91 bits per heavy atom. The summed E-state index contributed by atoms with van der Waals surface area (Å²) in [5.74, 6) is 3.50. The van der Waals surface area contributed by atoms with Gasteiger partial charge in [-0.05, 0) is 23.1 Å². The molecule has 0 aliphatic carbocycles. The molecule has 7 aromatic carbocycles. The Hall–Kier alpha value is -5.48. The summed E-state index contributed by atoms with van der Waals surface area (Å²) < 4.78 is 18.7. The fourth-order valence-corrected chi connectivity index (χ4v) is 10.3. The molecule has 3 nitrogen and oxygen atoms in total. The van der Waals surface area contributed by atoms with Crippen LogP contribution in [-0.4, -0.2) is 25.8 Å². The second kappa shape index (κ2) is 9.53. The maximum absolute atomic E-state index is 6.67. The van der Waals surface area contributed by atoms with Crippen molar-refractivity contribution in [3.8, 4) is 39.8 Å². The zero-order chi connectivity index (χ0) is 30.6. The standard InChI is InChI=1S/C42H24BNO2Se/c1-6-16-31(44-32-17-7-2-12-27(32)40-33(44)21-22-39-41(40)28-13-3-10-20-38(28)47-39)26(11-1)25-23-36-42-37(24-25)46-35-19-9-5-15-30(35)43(42)29-14-4-8-18-34(29)45-36/h1-24H. The van der Waals surface area contributed by atoms with Crippen LogP contribution < -0.4 is 25.9 Å². The van der Waals surface area contributed by atoms with Crippen LogP contribution in [0.3, 0.4) is 0 Å². The zero-order valence-corrected chi connectivity index (χ0v) is 26.8. The molecule has 2 aliphatic rings. The molecule has 0 amide bonds. The first-order valence-corrected chi connectivity index (χ1v) is 17.7. The molecule has 0 saturated heterocycles. The van der Waals surface area contributed by atoms with Gasteiger partial charge in [0.25, 0.3) is 0 Å². The van der Waals surface area contributed by atoms with Crippen molar-refractivity contribution in [3.63, 3.8) is 0 Å². The average molecular weight is 664 g/mol. The van der Waals surface area contributed by atoms with E-state index in [0.717, 1.165) is 45.3 Å². The van der Waals surface area contributed by atoms with Crippen LogP contribution in [0.25, 0.3) is 57.9 Å². The normalized spacial score (nSPS) is 13.0. The summed E-state index contributed by atoms with van der Waals surface area (Å²) >= 11 is 0.306.